The van der Waals surface area contributed by atoms with Gasteiger partial charge in [-0.25, -0.2) is 14.5 Å². The molecular weight excluding hydrogens is 532 g/mol. The van der Waals surface area contributed by atoms with Crippen LogP contribution in [0.5, 0.6) is 5.75 Å². The van der Waals surface area contributed by atoms with Crippen molar-refractivity contribution in [2.75, 3.05) is 20.3 Å². The molecule has 1 fully saturated rings. The molecule has 1 aliphatic heterocycles. The normalized spacial score (nSPS) is 14.8. The molecule has 0 radical (unpaired) electrons. The van der Waals surface area contributed by atoms with Gasteiger partial charge in [0.15, 0.2) is 0 Å². The fourth-order valence-electron chi connectivity index (χ4n) is 5.08. The van der Waals surface area contributed by atoms with Crippen LogP contribution < -0.4 is 4.74 Å². The summed E-state index contributed by atoms with van der Waals surface area (Å²) in [4.78, 5) is 41.9. The molecular formula is C34H40N2O6. The Morgan fingerprint density at radius 2 is 1.60 bits per heavy atom. The van der Waals surface area contributed by atoms with Crippen molar-refractivity contribution >= 4 is 18.1 Å². The van der Waals surface area contributed by atoms with Crippen molar-refractivity contribution < 1.29 is 28.6 Å². The molecule has 3 aromatic carbocycles. The minimum atomic E-state index is -0.609. The lowest BCUT2D eigenvalue weighted by Gasteiger charge is -2.35. The molecule has 1 saturated heterocycles. The van der Waals surface area contributed by atoms with E-state index in [0.717, 1.165) is 22.3 Å². The predicted molar refractivity (Wildman–Crippen MR) is 160 cm³/mol. The lowest BCUT2D eigenvalue weighted by molar-refractivity contribution is -0.129. The highest BCUT2D eigenvalue weighted by atomic mass is 16.6. The number of nitrogens with zero attached hydrogens (tertiary/aromatic N) is 2. The number of hydrogen-bond donors (Lipinski definition) is 0. The molecule has 8 nitrogen and oxygen atoms in total. The van der Waals surface area contributed by atoms with Crippen molar-refractivity contribution in [3.05, 3.63) is 101 Å². The van der Waals surface area contributed by atoms with Crippen LogP contribution in [0.2, 0.25) is 0 Å². The number of carbonyl (C=O) groups excluding carboxylic acids is 3. The van der Waals surface area contributed by atoms with Crippen molar-refractivity contribution in [3.63, 3.8) is 0 Å². The summed E-state index contributed by atoms with van der Waals surface area (Å²) in [6.45, 7) is 6.67. The zero-order valence-electron chi connectivity index (χ0n) is 24.9. The summed E-state index contributed by atoms with van der Waals surface area (Å²) >= 11 is 0. The lowest BCUT2D eigenvalue weighted by Crippen LogP contribution is -2.46. The Morgan fingerprint density at radius 1 is 0.929 bits per heavy atom. The summed E-state index contributed by atoms with van der Waals surface area (Å²) in [5.74, 6) is 0.330. The summed E-state index contributed by atoms with van der Waals surface area (Å²) in [7, 11) is 1.57. The number of benzene rings is 3. The highest BCUT2D eigenvalue weighted by Crippen LogP contribution is 2.24. The van der Waals surface area contributed by atoms with E-state index in [9.17, 15) is 14.4 Å². The molecule has 0 spiro atoms. The van der Waals surface area contributed by atoms with Gasteiger partial charge in [-0.3, -0.25) is 4.79 Å². The van der Waals surface area contributed by atoms with Crippen molar-refractivity contribution in [2.45, 2.75) is 64.6 Å². The Morgan fingerprint density at radius 3 is 2.24 bits per heavy atom. The second-order valence-corrected chi connectivity index (χ2v) is 11.4. The van der Waals surface area contributed by atoms with Gasteiger partial charge in [-0.15, -0.1) is 0 Å². The van der Waals surface area contributed by atoms with Crippen molar-refractivity contribution in [3.8, 4) is 5.75 Å². The number of cyclic esters (lactones) is 1. The first kappa shape index (κ1) is 30.6. The highest BCUT2D eigenvalue weighted by Gasteiger charge is 2.37. The maximum absolute atomic E-state index is 13.3. The molecule has 3 amide bonds. The standard InChI is InChI=1S/C34H40N2O6/c1-34(2,3)35(20-19-25-11-7-5-8-12-25)32(38)41-23-28-22-30(40-4)17-15-27(28)16-18-31(37)36-29(24-42-33(36)39)21-26-13-9-6-10-14-26/h5-15,17,22,29H,16,18-21,23-24H2,1-4H3. The van der Waals surface area contributed by atoms with Gasteiger partial charge in [-0.1, -0.05) is 66.7 Å². The first-order chi connectivity index (χ1) is 20.2. The molecule has 1 atom stereocenters. The summed E-state index contributed by atoms with van der Waals surface area (Å²) in [5.41, 5.74) is 3.34. The van der Waals surface area contributed by atoms with Gasteiger partial charge in [0.05, 0.1) is 13.2 Å². The third-order valence-electron chi connectivity index (χ3n) is 7.41. The van der Waals surface area contributed by atoms with Crippen LogP contribution in [0.4, 0.5) is 9.59 Å². The molecule has 4 rings (SSSR count). The maximum Gasteiger partial charge on any atom is 0.416 e. The Balaban J connectivity index is 1.41. The summed E-state index contributed by atoms with van der Waals surface area (Å²) in [5, 5.41) is 0. The SMILES string of the molecule is COc1ccc(CCC(=O)N2C(=O)OCC2Cc2ccccc2)c(COC(=O)N(CCc2ccccc2)C(C)(C)C)c1. The maximum atomic E-state index is 13.3. The number of ether oxygens (including phenoxy) is 3. The first-order valence-corrected chi connectivity index (χ1v) is 14.3. The molecule has 1 unspecified atom stereocenters. The fraction of sp³-hybridized carbons (Fsp3) is 0.382. The number of carbonyl (C=O) groups is 3. The first-order valence-electron chi connectivity index (χ1n) is 14.3. The molecule has 1 heterocycles. The Labute approximate surface area is 248 Å². The molecule has 8 heteroatoms. The number of rotatable bonds is 11. The second-order valence-electron chi connectivity index (χ2n) is 11.4. The van der Waals surface area contributed by atoms with Crippen molar-refractivity contribution in [1.29, 1.82) is 0 Å². The van der Waals surface area contributed by atoms with Gasteiger partial charge in [0.25, 0.3) is 0 Å². The van der Waals surface area contributed by atoms with Gasteiger partial charge in [0, 0.05) is 18.5 Å². The molecule has 42 heavy (non-hydrogen) atoms. The van der Waals surface area contributed by atoms with E-state index in [1.807, 2.05) is 99.6 Å². The average Bonchev–Trinajstić information content (AvgIpc) is 3.34. The summed E-state index contributed by atoms with van der Waals surface area (Å²) < 4.78 is 16.5. The van der Waals surface area contributed by atoms with Gasteiger partial charge in [0.2, 0.25) is 5.91 Å². The monoisotopic (exact) mass is 572 g/mol. The number of methoxy groups -OCH3 is 1. The largest absolute Gasteiger partial charge is 0.497 e. The van der Waals surface area contributed by atoms with E-state index < -0.39 is 17.7 Å². The zero-order chi connectivity index (χ0) is 30.1. The highest BCUT2D eigenvalue weighted by molar-refractivity contribution is 5.93. The van der Waals surface area contributed by atoms with Gasteiger partial charge >= 0.3 is 12.2 Å². The molecule has 0 aromatic heterocycles. The van der Waals surface area contributed by atoms with Gasteiger partial charge < -0.3 is 19.1 Å². The third kappa shape index (κ3) is 8.12. The Bertz CT molecular complexity index is 1350. The van der Waals surface area contributed by atoms with E-state index in [1.54, 1.807) is 12.0 Å². The van der Waals surface area contributed by atoms with E-state index in [-0.39, 0.29) is 31.6 Å². The Hall–Kier alpha value is -4.33. The Kier molecular flexibility index (Phi) is 10.2. The van der Waals surface area contributed by atoms with E-state index in [2.05, 4.69) is 0 Å². The quantitative estimate of drug-likeness (QED) is 0.272. The lowest BCUT2D eigenvalue weighted by atomic mass is 10.0. The smallest absolute Gasteiger partial charge is 0.416 e. The van der Waals surface area contributed by atoms with Crippen LogP contribution in [-0.2, 0) is 40.1 Å². The number of hydrogen-bond acceptors (Lipinski definition) is 6. The number of aryl methyl sites for hydroxylation is 1. The third-order valence-corrected chi connectivity index (χ3v) is 7.41. The van der Waals surface area contributed by atoms with Crippen molar-refractivity contribution in [2.24, 2.45) is 0 Å². The predicted octanol–water partition coefficient (Wildman–Crippen LogP) is 6.20. The second kappa shape index (κ2) is 14.0. The van der Waals surface area contributed by atoms with Crippen LogP contribution in [0.25, 0.3) is 0 Å². The zero-order valence-corrected chi connectivity index (χ0v) is 24.9. The molecule has 0 N–H and O–H groups in total. The van der Waals surface area contributed by atoms with E-state index >= 15 is 0 Å². The fourth-order valence-corrected chi connectivity index (χ4v) is 5.08. The van der Waals surface area contributed by atoms with Gasteiger partial charge in [0.1, 0.15) is 19.0 Å². The van der Waals surface area contributed by atoms with Gasteiger partial charge in [-0.05, 0) is 74.4 Å². The van der Waals surface area contributed by atoms with Crippen LogP contribution in [0.3, 0.4) is 0 Å². The average molecular weight is 573 g/mol. The van der Waals surface area contributed by atoms with Crippen LogP contribution in [0.15, 0.2) is 78.9 Å². The van der Waals surface area contributed by atoms with E-state index in [0.29, 0.717) is 31.6 Å². The molecule has 0 aliphatic carbocycles. The van der Waals surface area contributed by atoms with Crippen LogP contribution in [0, 0.1) is 0 Å². The minimum Gasteiger partial charge on any atom is -0.497 e. The summed E-state index contributed by atoms with van der Waals surface area (Å²) in [6.07, 6.45) is 0.711. The van der Waals surface area contributed by atoms with Gasteiger partial charge in [-0.2, -0.15) is 0 Å². The van der Waals surface area contributed by atoms with Crippen molar-refractivity contribution in [1.82, 2.24) is 9.80 Å². The summed E-state index contributed by atoms with van der Waals surface area (Å²) in [6, 6.07) is 24.9. The number of amides is 3. The topological polar surface area (TPSA) is 85.4 Å². The van der Waals surface area contributed by atoms with Crippen LogP contribution >= 0.6 is 0 Å². The molecule has 3 aromatic rings. The van der Waals surface area contributed by atoms with Crippen LogP contribution in [0.1, 0.15) is 49.4 Å². The van der Waals surface area contributed by atoms with E-state index in [1.165, 1.54) is 4.90 Å². The number of imide groups is 1. The minimum absolute atomic E-state index is 0.0276. The molecule has 0 bridgehead atoms. The molecule has 0 saturated carbocycles. The van der Waals surface area contributed by atoms with Crippen LogP contribution in [-0.4, -0.2) is 59.7 Å². The van der Waals surface area contributed by atoms with E-state index in [4.69, 9.17) is 14.2 Å². The molecule has 1 aliphatic rings. The molecule has 222 valence electrons.